The van der Waals surface area contributed by atoms with Crippen molar-refractivity contribution in [2.75, 3.05) is 0 Å². The van der Waals surface area contributed by atoms with E-state index in [0.717, 1.165) is 10.0 Å². The van der Waals surface area contributed by atoms with Gasteiger partial charge >= 0.3 is 0 Å². The molecule has 0 amide bonds. The Labute approximate surface area is 81.4 Å². The maximum Gasteiger partial charge on any atom is 0.0407 e. The monoisotopic (exact) mass is 208 g/mol. The Morgan fingerprint density at radius 2 is 1.18 bits per heavy atom. The minimum atomic E-state index is 0.717. The van der Waals surface area contributed by atoms with Crippen molar-refractivity contribution < 1.29 is 0 Å². The van der Waals surface area contributed by atoms with Crippen LogP contribution in [0.4, 0.5) is 0 Å². The topological polar surface area (TPSA) is 0 Å². The van der Waals surface area contributed by atoms with Crippen LogP contribution in [0.3, 0.4) is 0 Å². The zero-order chi connectivity index (χ0) is 8.69. The predicted octanol–water partition coefficient (Wildman–Crippen LogP) is 4.36. The van der Waals surface area contributed by atoms with Crippen LogP contribution < -0.4 is 0 Å². The average molecular weight is 210 g/mol. The summed E-state index contributed by atoms with van der Waals surface area (Å²) in [6.07, 6.45) is 0. The summed E-state index contributed by atoms with van der Waals surface area (Å²) in [5.74, 6) is 0. The van der Waals surface area contributed by atoms with E-state index in [2.05, 4.69) is 6.58 Å². The quantitative estimate of drug-likeness (QED) is 0.595. The van der Waals surface area contributed by atoms with Gasteiger partial charge in [-0.05, 0) is 29.8 Å². The van der Waals surface area contributed by atoms with Gasteiger partial charge in [-0.3, -0.25) is 0 Å². The van der Waals surface area contributed by atoms with Gasteiger partial charge < -0.3 is 0 Å². The predicted molar refractivity (Wildman–Crippen MR) is 52.5 cm³/mol. The molecule has 1 rings (SSSR count). The van der Waals surface area contributed by atoms with E-state index in [9.17, 15) is 0 Å². The van der Waals surface area contributed by atoms with Crippen LogP contribution in [0.1, 0.15) is 0 Å². The van der Waals surface area contributed by atoms with E-state index in [4.69, 9.17) is 34.8 Å². The molecule has 0 heterocycles. The Morgan fingerprint density at radius 3 is 1.36 bits per heavy atom. The zero-order valence-corrected chi connectivity index (χ0v) is 8.00. The number of hydrogen-bond acceptors (Lipinski definition) is 0. The van der Waals surface area contributed by atoms with Gasteiger partial charge in [0.2, 0.25) is 0 Å². The Hall–Kier alpha value is -0.170. The van der Waals surface area contributed by atoms with Gasteiger partial charge in [0, 0.05) is 10.0 Å². The van der Waals surface area contributed by atoms with Crippen LogP contribution in [0.5, 0.6) is 0 Å². The van der Waals surface area contributed by atoms with Crippen molar-refractivity contribution in [3.8, 4) is 0 Å². The number of rotatable bonds is 0. The molecule has 0 unspecified atom stereocenters. The smallest absolute Gasteiger partial charge is 0.0407 e. The van der Waals surface area contributed by atoms with Gasteiger partial charge in [0.15, 0.2) is 0 Å². The summed E-state index contributed by atoms with van der Waals surface area (Å²) in [4.78, 5) is 0. The molecule has 0 aromatic heterocycles. The van der Waals surface area contributed by atoms with Crippen molar-refractivity contribution in [2.24, 2.45) is 0 Å². The van der Waals surface area contributed by atoms with Crippen molar-refractivity contribution in [1.29, 1.82) is 0 Å². The lowest BCUT2D eigenvalue weighted by atomic mass is 10.4. The molecular formula is C8H7Cl3. The summed E-state index contributed by atoms with van der Waals surface area (Å²) in [5, 5.41) is 1.43. The average Bonchev–Trinajstić information content (AvgIpc) is 1.97. The minimum absolute atomic E-state index is 0.717. The molecule has 0 N–H and O–H groups in total. The first kappa shape index (κ1) is 10.8. The summed E-state index contributed by atoms with van der Waals surface area (Å²) in [7, 11) is 0. The standard InChI is InChI=1S/C6H4Cl2.C2H3Cl/c7-5-1-2-6(8)4-3-5;1-2-3/h1-4H;2H,1H2. The normalized spacial score (nSPS) is 7.91. The van der Waals surface area contributed by atoms with Crippen LogP contribution in [-0.2, 0) is 0 Å². The molecule has 60 valence electrons. The van der Waals surface area contributed by atoms with E-state index in [1.807, 2.05) is 0 Å². The summed E-state index contributed by atoms with van der Waals surface area (Å²) < 4.78 is 0. The SMILES string of the molecule is C=CCl.Clc1ccc(Cl)cc1. The van der Waals surface area contributed by atoms with Crippen LogP contribution in [0.25, 0.3) is 0 Å². The molecule has 0 saturated heterocycles. The van der Waals surface area contributed by atoms with E-state index in [1.165, 1.54) is 5.54 Å². The lowest BCUT2D eigenvalue weighted by molar-refractivity contribution is 1.71. The molecule has 0 aliphatic rings. The molecular weight excluding hydrogens is 202 g/mol. The minimum Gasteiger partial charge on any atom is -0.0936 e. The molecule has 0 nitrogen and oxygen atoms in total. The molecule has 0 radical (unpaired) electrons. The van der Waals surface area contributed by atoms with E-state index in [-0.39, 0.29) is 0 Å². The second kappa shape index (κ2) is 6.53. The van der Waals surface area contributed by atoms with Gasteiger partial charge in [-0.25, -0.2) is 0 Å². The third-order valence-corrected chi connectivity index (χ3v) is 1.31. The highest BCUT2D eigenvalue weighted by atomic mass is 35.5. The maximum atomic E-state index is 5.55. The highest BCUT2D eigenvalue weighted by Gasteiger charge is 1.83. The van der Waals surface area contributed by atoms with Crippen LogP contribution in [-0.4, -0.2) is 0 Å². The van der Waals surface area contributed by atoms with Crippen molar-refractivity contribution in [3.05, 3.63) is 46.4 Å². The fourth-order valence-corrected chi connectivity index (χ4v) is 0.682. The molecule has 0 bridgehead atoms. The van der Waals surface area contributed by atoms with Crippen molar-refractivity contribution in [2.45, 2.75) is 0 Å². The fraction of sp³-hybridized carbons (Fsp3) is 0. The summed E-state index contributed by atoms with van der Waals surface area (Å²) >= 11 is 15.9. The second-order valence-corrected chi connectivity index (χ2v) is 2.77. The van der Waals surface area contributed by atoms with Crippen LogP contribution in [0.15, 0.2) is 36.4 Å². The van der Waals surface area contributed by atoms with Gasteiger partial charge in [0.05, 0.1) is 0 Å². The van der Waals surface area contributed by atoms with Crippen molar-refractivity contribution >= 4 is 34.8 Å². The second-order valence-electron chi connectivity index (χ2n) is 1.59. The van der Waals surface area contributed by atoms with Crippen LogP contribution in [0.2, 0.25) is 10.0 Å². The Morgan fingerprint density at radius 1 is 1.00 bits per heavy atom. The number of benzene rings is 1. The van der Waals surface area contributed by atoms with Crippen LogP contribution in [0, 0.1) is 0 Å². The first-order valence-corrected chi connectivity index (χ1v) is 4.02. The number of hydrogen-bond donors (Lipinski definition) is 0. The van der Waals surface area contributed by atoms with Gasteiger partial charge in [-0.1, -0.05) is 41.4 Å². The molecule has 1 aromatic carbocycles. The summed E-state index contributed by atoms with van der Waals surface area (Å²) in [6, 6.07) is 7.02. The maximum absolute atomic E-state index is 5.55. The fourth-order valence-electron chi connectivity index (χ4n) is 0.430. The molecule has 0 aliphatic carbocycles. The Balaban J connectivity index is 0.000000292. The number of halogens is 3. The first-order chi connectivity index (χ1) is 5.20. The molecule has 0 aliphatic heterocycles. The summed E-state index contributed by atoms with van der Waals surface area (Å²) in [5.41, 5.74) is 1.22. The van der Waals surface area contributed by atoms with Gasteiger partial charge in [-0.2, -0.15) is 0 Å². The molecule has 0 fully saturated rings. The van der Waals surface area contributed by atoms with Crippen molar-refractivity contribution in [1.82, 2.24) is 0 Å². The van der Waals surface area contributed by atoms with Crippen LogP contribution >= 0.6 is 34.8 Å². The van der Waals surface area contributed by atoms with Gasteiger partial charge in [-0.15, -0.1) is 0 Å². The third kappa shape index (κ3) is 6.24. The lowest BCUT2D eigenvalue weighted by Gasteiger charge is -1.86. The highest BCUT2D eigenvalue weighted by Crippen LogP contribution is 2.12. The highest BCUT2D eigenvalue weighted by molar-refractivity contribution is 6.32. The van der Waals surface area contributed by atoms with E-state index in [1.54, 1.807) is 24.3 Å². The Bertz CT molecular complexity index is 182. The molecule has 0 saturated carbocycles. The van der Waals surface area contributed by atoms with Crippen molar-refractivity contribution in [3.63, 3.8) is 0 Å². The lowest BCUT2D eigenvalue weighted by Crippen LogP contribution is -1.60. The first-order valence-electron chi connectivity index (χ1n) is 2.83. The molecule has 3 heteroatoms. The zero-order valence-electron chi connectivity index (χ0n) is 5.73. The van der Waals surface area contributed by atoms with E-state index in [0.29, 0.717) is 0 Å². The molecule has 11 heavy (non-hydrogen) atoms. The van der Waals surface area contributed by atoms with Gasteiger partial charge in [0.25, 0.3) is 0 Å². The third-order valence-electron chi connectivity index (χ3n) is 0.804. The molecule has 0 atom stereocenters. The van der Waals surface area contributed by atoms with Gasteiger partial charge in [0.1, 0.15) is 0 Å². The largest absolute Gasteiger partial charge is 0.0936 e. The summed E-state index contributed by atoms with van der Waals surface area (Å²) in [6.45, 7) is 3.13. The van der Waals surface area contributed by atoms with E-state index < -0.39 is 0 Å². The molecule has 0 spiro atoms. The van der Waals surface area contributed by atoms with E-state index >= 15 is 0 Å². The Kier molecular flexibility index (Phi) is 6.43. The molecule has 1 aromatic rings.